The standard InChI is InChI=1S/C19H24N4OS/c1-15-14-20-9-7-17(15)22-10-5-11-23(13-12-22)19(24)16(2)25-18-6-3-4-8-21-18/h3-4,6-9,14,16H,5,10-13H2,1-2H3. The zero-order chi connectivity index (χ0) is 17.6. The predicted molar refractivity (Wildman–Crippen MR) is 102 cm³/mol. The van der Waals surface area contributed by atoms with Crippen LogP contribution in [0.5, 0.6) is 0 Å². The van der Waals surface area contributed by atoms with E-state index in [2.05, 4.69) is 27.9 Å². The van der Waals surface area contributed by atoms with Gasteiger partial charge in [-0.3, -0.25) is 9.78 Å². The Morgan fingerprint density at radius 2 is 2.04 bits per heavy atom. The number of hydrogen-bond acceptors (Lipinski definition) is 5. The summed E-state index contributed by atoms with van der Waals surface area (Å²) in [5.74, 6) is 0.198. The fourth-order valence-electron chi connectivity index (χ4n) is 3.11. The van der Waals surface area contributed by atoms with E-state index in [0.29, 0.717) is 0 Å². The van der Waals surface area contributed by atoms with E-state index < -0.39 is 0 Å². The fourth-order valence-corrected chi connectivity index (χ4v) is 4.00. The van der Waals surface area contributed by atoms with E-state index in [1.165, 1.54) is 23.0 Å². The summed E-state index contributed by atoms with van der Waals surface area (Å²) in [4.78, 5) is 25.6. The highest BCUT2D eigenvalue weighted by atomic mass is 32.2. The summed E-state index contributed by atoms with van der Waals surface area (Å²) in [6, 6.07) is 7.85. The minimum atomic E-state index is -0.121. The summed E-state index contributed by atoms with van der Waals surface area (Å²) in [6.45, 7) is 7.45. The number of nitrogens with zero attached hydrogens (tertiary/aromatic N) is 4. The average Bonchev–Trinajstić information content (AvgIpc) is 2.88. The van der Waals surface area contributed by atoms with Crippen LogP contribution in [0.25, 0.3) is 0 Å². The van der Waals surface area contributed by atoms with Crippen LogP contribution in [0.1, 0.15) is 18.9 Å². The van der Waals surface area contributed by atoms with E-state index >= 15 is 0 Å². The molecule has 1 unspecified atom stereocenters. The molecule has 132 valence electrons. The van der Waals surface area contributed by atoms with Gasteiger partial charge in [0, 0.05) is 50.5 Å². The van der Waals surface area contributed by atoms with Gasteiger partial charge in [0.1, 0.15) is 0 Å². The molecule has 0 spiro atoms. The van der Waals surface area contributed by atoms with Crippen molar-refractivity contribution in [1.29, 1.82) is 0 Å². The van der Waals surface area contributed by atoms with E-state index in [0.717, 1.165) is 37.6 Å². The van der Waals surface area contributed by atoms with Gasteiger partial charge in [0.15, 0.2) is 0 Å². The largest absolute Gasteiger partial charge is 0.369 e. The smallest absolute Gasteiger partial charge is 0.235 e. The van der Waals surface area contributed by atoms with Gasteiger partial charge < -0.3 is 9.80 Å². The molecular formula is C19H24N4OS. The third-order valence-electron chi connectivity index (χ3n) is 4.42. The first-order valence-electron chi connectivity index (χ1n) is 8.67. The zero-order valence-electron chi connectivity index (χ0n) is 14.8. The predicted octanol–water partition coefficient (Wildman–Crippen LogP) is 3.00. The van der Waals surface area contributed by atoms with Gasteiger partial charge in [-0.1, -0.05) is 17.8 Å². The second-order valence-electron chi connectivity index (χ2n) is 6.26. The maximum Gasteiger partial charge on any atom is 0.235 e. The molecule has 0 aromatic carbocycles. The Morgan fingerprint density at radius 3 is 2.80 bits per heavy atom. The van der Waals surface area contributed by atoms with Gasteiger partial charge in [-0.05, 0) is 44.0 Å². The summed E-state index contributed by atoms with van der Waals surface area (Å²) in [7, 11) is 0. The van der Waals surface area contributed by atoms with E-state index in [1.807, 2.05) is 42.4 Å². The number of carbonyl (C=O) groups is 1. The molecule has 1 saturated heterocycles. The Labute approximate surface area is 153 Å². The van der Waals surface area contributed by atoms with Crippen molar-refractivity contribution in [3.05, 3.63) is 48.4 Å². The van der Waals surface area contributed by atoms with Crippen LogP contribution in [0.15, 0.2) is 47.9 Å². The van der Waals surface area contributed by atoms with E-state index in [4.69, 9.17) is 0 Å². The lowest BCUT2D eigenvalue weighted by molar-refractivity contribution is -0.130. The third kappa shape index (κ3) is 4.51. The number of aromatic nitrogens is 2. The maximum atomic E-state index is 12.8. The number of hydrogen-bond donors (Lipinski definition) is 0. The minimum Gasteiger partial charge on any atom is -0.369 e. The number of thioether (sulfide) groups is 1. The minimum absolute atomic E-state index is 0.121. The van der Waals surface area contributed by atoms with Crippen molar-refractivity contribution < 1.29 is 4.79 Å². The second-order valence-corrected chi connectivity index (χ2v) is 7.62. The molecule has 0 N–H and O–H groups in total. The normalized spacial score (nSPS) is 16.4. The average molecular weight is 356 g/mol. The van der Waals surface area contributed by atoms with Gasteiger partial charge in [-0.2, -0.15) is 0 Å². The molecule has 3 heterocycles. The highest BCUT2D eigenvalue weighted by molar-refractivity contribution is 8.00. The second kappa shape index (κ2) is 8.34. The lowest BCUT2D eigenvalue weighted by Crippen LogP contribution is -2.39. The first-order valence-corrected chi connectivity index (χ1v) is 9.55. The summed E-state index contributed by atoms with van der Waals surface area (Å²) in [5.41, 5.74) is 2.40. The monoisotopic (exact) mass is 356 g/mol. The molecule has 0 radical (unpaired) electrons. The van der Waals surface area contributed by atoms with Gasteiger partial charge in [-0.15, -0.1) is 0 Å². The molecule has 1 aliphatic rings. The van der Waals surface area contributed by atoms with Crippen molar-refractivity contribution in [2.45, 2.75) is 30.5 Å². The van der Waals surface area contributed by atoms with E-state index in [9.17, 15) is 4.79 Å². The Kier molecular flexibility index (Phi) is 5.91. The van der Waals surface area contributed by atoms with Crippen LogP contribution in [-0.4, -0.2) is 52.2 Å². The SMILES string of the molecule is Cc1cnccc1N1CCCN(C(=O)C(C)Sc2ccccn2)CC1. The molecule has 1 aliphatic heterocycles. The van der Waals surface area contributed by atoms with E-state index in [-0.39, 0.29) is 11.2 Å². The lowest BCUT2D eigenvalue weighted by atomic mass is 10.2. The molecular weight excluding hydrogens is 332 g/mol. The quantitative estimate of drug-likeness (QED) is 0.788. The van der Waals surface area contributed by atoms with Crippen LogP contribution in [-0.2, 0) is 4.79 Å². The topological polar surface area (TPSA) is 49.3 Å². The zero-order valence-corrected chi connectivity index (χ0v) is 15.6. The molecule has 2 aromatic heterocycles. The van der Waals surface area contributed by atoms with E-state index in [1.54, 1.807) is 6.20 Å². The number of anilines is 1. The maximum absolute atomic E-state index is 12.8. The Balaban J connectivity index is 1.60. The van der Waals surface area contributed by atoms with Crippen molar-refractivity contribution in [3.8, 4) is 0 Å². The van der Waals surface area contributed by atoms with Crippen molar-refractivity contribution in [1.82, 2.24) is 14.9 Å². The summed E-state index contributed by atoms with van der Waals surface area (Å²) in [6.07, 6.45) is 6.48. The van der Waals surface area contributed by atoms with Gasteiger partial charge >= 0.3 is 0 Å². The molecule has 25 heavy (non-hydrogen) atoms. The molecule has 0 saturated carbocycles. The van der Waals surface area contributed by atoms with Crippen LogP contribution in [0, 0.1) is 6.92 Å². The highest BCUT2D eigenvalue weighted by Gasteiger charge is 2.24. The van der Waals surface area contributed by atoms with Crippen molar-refractivity contribution in [3.63, 3.8) is 0 Å². The molecule has 1 atom stereocenters. The molecule has 1 amide bonds. The van der Waals surface area contributed by atoms with Crippen LogP contribution in [0.3, 0.4) is 0 Å². The third-order valence-corrected chi connectivity index (χ3v) is 5.46. The van der Waals surface area contributed by atoms with Crippen LogP contribution in [0.4, 0.5) is 5.69 Å². The summed E-state index contributed by atoms with van der Waals surface area (Å²) >= 11 is 1.53. The van der Waals surface area contributed by atoms with Gasteiger partial charge in [0.2, 0.25) is 5.91 Å². The highest BCUT2D eigenvalue weighted by Crippen LogP contribution is 2.24. The Morgan fingerprint density at radius 1 is 1.16 bits per heavy atom. The number of carbonyl (C=O) groups excluding carboxylic acids is 1. The van der Waals surface area contributed by atoms with Crippen LogP contribution >= 0.6 is 11.8 Å². The first-order chi connectivity index (χ1) is 12.1. The molecule has 2 aromatic rings. The van der Waals surface area contributed by atoms with Crippen LogP contribution in [0.2, 0.25) is 0 Å². The fraction of sp³-hybridized carbons (Fsp3) is 0.421. The molecule has 3 rings (SSSR count). The van der Waals surface area contributed by atoms with Gasteiger partial charge in [-0.25, -0.2) is 4.98 Å². The molecule has 5 nitrogen and oxygen atoms in total. The lowest BCUT2D eigenvalue weighted by Gasteiger charge is -2.26. The molecule has 1 fully saturated rings. The Bertz CT molecular complexity index is 710. The van der Waals surface area contributed by atoms with Crippen molar-refractivity contribution >= 4 is 23.4 Å². The number of amides is 1. The Hall–Kier alpha value is -2.08. The summed E-state index contributed by atoms with van der Waals surface area (Å²) in [5, 5.41) is 0.774. The first kappa shape index (κ1) is 17.7. The van der Waals surface area contributed by atoms with Gasteiger partial charge in [0.25, 0.3) is 0 Å². The van der Waals surface area contributed by atoms with Crippen molar-refractivity contribution in [2.24, 2.45) is 0 Å². The van der Waals surface area contributed by atoms with Gasteiger partial charge in [0.05, 0.1) is 10.3 Å². The molecule has 6 heteroatoms. The number of pyridine rings is 2. The van der Waals surface area contributed by atoms with Crippen LogP contribution < -0.4 is 4.90 Å². The molecule has 0 bridgehead atoms. The number of rotatable bonds is 4. The number of aryl methyl sites for hydroxylation is 1. The molecule has 0 aliphatic carbocycles. The van der Waals surface area contributed by atoms with Crippen molar-refractivity contribution in [2.75, 3.05) is 31.1 Å². The summed E-state index contributed by atoms with van der Waals surface area (Å²) < 4.78 is 0.